The summed E-state index contributed by atoms with van der Waals surface area (Å²) >= 11 is 0. The summed E-state index contributed by atoms with van der Waals surface area (Å²) in [6, 6.07) is 0. The van der Waals surface area contributed by atoms with Gasteiger partial charge in [-0.2, -0.15) is 0 Å². The smallest absolute Gasteiger partial charge is 0.411 e. The molecule has 0 atom stereocenters. The van der Waals surface area contributed by atoms with Crippen molar-refractivity contribution in [2.75, 3.05) is 6.61 Å². The number of aliphatic hydroxyl groups excluding tert-OH is 1. The first-order chi connectivity index (χ1) is 4.16. The van der Waals surface area contributed by atoms with Gasteiger partial charge in [-0.3, -0.25) is 10.1 Å². The van der Waals surface area contributed by atoms with Gasteiger partial charge in [-0.25, -0.2) is 4.79 Å². The standard InChI is InChI=1S/C4H7NO4/c6-2-1-3(7)5-4(8)9/h6H,1-2H2,(H,5,7)(H,8,9). The van der Waals surface area contributed by atoms with Gasteiger partial charge in [0, 0.05) is 0 Å². The molecule has 0 saturated carbocycles. The van der Waals surface area contributed by atoms with Gasteiger partial charge < -0.3 is 10.2 Å². The highest BCUT2D eigenvalue weighted by molar-refractivity contribution is 5.90. The summed E-state index contributed by atoms with van der Waals surface area (Å²) in [6.07, 6.45) is -1.57. The Morgan fingerprint density at radius 3 is 2.33 bits per heavy atom. The number of nitrogens with one attached hydrogen (secondary N) is 1. The van der Waals surface area contributed by atoms with Crippen LogP contribution in [0.15, 0.2) is 0 Å². The van der Waals surface area contributed by atoms with Gasteiger partial charge >= 0.3 is 6.09 Å². The largest absolute Gasteiger partial charge is 0.465 e. The second kappa shape index (κ2) is 3.85. The highest BCUT2D eigenvalue weighted by atomic mass is 16.4. The lowest BCUT2D eigenvalue weighted by atomic mass is 10.4. The highest BCUT2D eigenvalue weighted by Crippen LogP contribution is 1.74. The molecule has 0 aliphatic carbocycles. The van der Waals surface area contributed by atoms with E-state index in [0.717, 1.165) is 0 Å². The van der Waals surface area contributed by atoms with Crippen molar-refractivity contribution in [2.45, 2.75) is 6.42 Å². The molecule has 0 spiro atoms. The SMILES string of the molecule is O=C(O)NC(=O)CCO. The van der Waals surface area contributed by atoms with Crippen LogP contribution in [0.4, 0.5) is 4.79 Å². The Morgan fingerprint density at radius 2 is 2.00 bits per heavy atom. The van der Waals surface area contributed by atoms with E-state index in [1.54, 1.807) is 5.32 Å². The second-order valence-electron chi connectivity index (χ2n) is 1.33. The van der Waals surface area contributed by atoms with Gasteiger partial charge in [0.25, 0.3) is 0 Å². The molecule has 0 rings (SSSR count). The third-order valence-corrected chi connectivity index (χ3v) is 0.585. The van der Waals surface area contributed by atoms with E-state index in [-0.39, 0.29) is 13.0 Å². The molecule has 0 aliphatic heterocycles. The molecule has 0 radical (unpaired) electrons. The van der Waals surface area contributed by atoms with E-state index in [1.165, 1.54) is 0 Å². The van der Waals surface area contributed by atoms with Crippen molar-refractivity contribution in [1.82, 2.24) is 5.32 Å². The summed E-state index contributed by atoms with van der Waals surface area (Å²) in [7, 11) is 0. The molecule has 0 aromatic carbocycles. The van der Waals surface area contributed by atoms with Crippen LogP contribution in [-0.4, -0.2) is 28.8 Å². The molecule has 9 heavy (non-hydrogen) atoms. The normalized spacial score (nSPS) is 8.56. The maximum Gasteiger partial charge on any atom is 0.411 e. The summed E-state index contributed by atoms with van der Waals surface area (Å²) in [5.74, 6) is -0.690. The number of carbonyl (C=O) groups is 2. The number of aliphatic hydroxyl groups is 1. The predicted octanol–water partition coefficient (Wildman–Crippen LogP) is -0.837. The van der Waals surface area contributed by atoms with Gasteiger partial charge in [0.2, 0.25) is 5.91 Å². The fourth-order valence-corrected chi connectivity index (χ4v) is 0.283. The van der Waals surface area contributed by atoms with Crippen LogP contribution in [0.1, 0.15) is 6.42 Å². The van der Waals surface area contributed by atoms with Crippen LogP contribution in [0, 0.1) is 0 Å². The van der Waals surface area contributed by atoms with Crippen molar-refractivity contribution in [3.8, 4) is 0 Å². The van der Waals surface area contributed by atoms with Crippen molar-refractivity contribution >= 4 is 12.0 Å². The molecule has 52 valence electrons. The minimum atomic E-state index is -1.39. The van der Waals surface area contributed by atoms with Crippen molar-refractivity contribution in [3.05, 3.63) is 0 Å². The Labute approximate surface area is 51.3 Å². The zero-order valence-electron chi connectivity index (χ0n) is 4.63. The number of hydrogen-bond donors (Lipinski definition) is 3. The summed E-state index contributed by atoms with van der Waals surface area (Å²) < 4.78 is 0. The van der Waals surface area contributed by atoms with Gasteiger partial charge in [-0.1, -0.05) is 0 Å². The van der Waals surface area contributed by atoms with E-state index in [0.29, 0.717) is 0 Å². The van der Waals surface area contributed by atoms with Crippen molar-refractivity contribution in [1.29, 1.82) is 0 Å². The molecule has 0 fully saturated rings. The fourth-order valence-electron chi connectivity index (χ4n) is 0.283. The summed E-state index contributed by atoms with van der Waals surface area (Å²) in [5.41, 5.74) is 0. The molecule has 2 amide bonds. The van der Waals surface area contributed by atoms with E-state index in [9.17, 15) is 9.59 Å². The number of amides is 2. The summed E-state index contributed by atoms with van der Waals surface area (Å²) in [6.45, 7) is -0.334. The average Bonchev–Trinajstić information content (AvgIpc) is 1.63. The van der Waals surface area contributed by atoms with Crippen molar-refractivity contribution in [2.24, 2.45) is 0 Å². The van der Waals surface area contributed by atoms with Crippen LogP contribution >= 0.6 is 0 Å². The molecule has 0 aromatic heterocycles. The fraction of sp³-hybridized carbons (Fsp3) is 0.500. The lowest BCUT2D eigenvalue weighted by molar-refractivity contribution is -0.120. The molecule has 0 heterocycles. The Balaban J connectivity index is 3.39. The lowest BCUT2D eigenvalue weighted by Crippen LogP contribution is -2.28. The number of rotatable bonds is 2. The second-order valence-corrected chi connectivity index (χ2v) is 1.33. The van der Waals surface area contributed by atoms with Gasteiger partial charge in [-0.15, -0.1) is 0 Å². The summed E-state index contributed by atoms with van der Waals surface area (Å²) in [5, 5.41) is 17.6. The van der Waals surface area contributed by atoms with Crippen LogP contribution in [0.3, 0.4) is 0 Å². The van der Waals surface area contributed by atoms with E-state index in [1.807, 2.05) is 0 Å². The molecule has 0 unspecified atom stereocenters. The molecule has 0 aromatic rings. The molecule has 0 bridgehead atoms. The van der Waals surface area contributed by atoms with Gasteiger partial charge in [-0.05, 0) is 0 Å². The maximum atomic E-state index is 10.2. The molecular formula is C4H7NO4. The molecule has 5 nitrogen and oxygen atoms in total. The quantitative estimate of drug-likeness (QED) is 0.458. The number of carbonyl (C=O) groups excluding carboxylic acids is 1. The van der Waals surface area contributed by atoms with Crippen LogP contribution in [0.2, 0.25) is 0 Å². The molecule has 0 aliphatic rings. The first-order valence-corrected chi connectivity index (χ1v) is 2.30. The Bertz CT molecular complexity index is 122. The topological polar surface area (TPSA) is 86.6 Å². The third-order valence-electron chi connectivity index (χ3n) is 0.585. The van der Waals surface area contributed by atoms with Gasteiger partial charge in [0.15, 0.2) is 0 Å². The average molecular weight is 133 g/mol. The Kier molecular flexibility index (Phi) is 3.38. The van der Waals surface area contributed by atoms with E-state index in [4.69, 9.17) is 10.2 Å². The lowest BCUT2D eigenvalue weighted by Gasteiger charge is -1.93. The summed E-state index contributed by atoms with van der Waals surface area (Å²) in [4.78, 5) is 19.9. The zero-order valence-corrected chi connectivity index (χ0v) is 4.63. The van der Waals surface area contributed by atoms with E-state index >= 15 is 0 Å². The Morgan fingerprint density at radius 1 is 1.44 bits per heavy atom. The van der Waals surface area contributed by atoms with Crippen LogP contribution in [0.5, 0.6) is 0 Å². The number of imide groups is 1. The first kappa shape index (κ1) is 7.90. The maximum absolute atomic E-state index is 10.2. The van der Waals surface area contributed by atoms with Crippen LogP contribution in [0.25, 0.3) is 0 Å². The van der Waals surface area contributed by atoms with Crippen molar-refractivity contribution < 1.29 is 19.8 Å². The minimum absolute atomic E-state index is 0.174. The predicted molar refractivity (Wildman–Crippen MR) is 27.9 cm³/mol. The molecule has 0 saturated heterocycles. The minimum Gasteiger partial charge on any atom is -0.465 e. The number of carboxylic acid groups (broad SMARTS) is 1. The van der Waals surface area contributed by atoms with Crippen molar-refractivity contribution in [3.63, 3.8) is 0 Å². The molecule has 3 N–H and O–H groups in total. The Hall–Kier alpha value is -1.10. The van der Waals surface area contributed by atoms with E-state index in [2.05, 4.69) is 0 Å². The van der Waals surface area contributed by atoms with Gasteiger partial charge in [0.1, 0.15) is 0 Å². The highest BCUT2D eigenvalue weighted by Gasteiger charge is 2.02. The van der Waals surface area contributed by atoms with Crippen LogP contribution in [-0.2, 0) is 4.79 Å². The number of hydrogen-bond acceptors (Lipinski definition) is 3. The van der Waals surface area contributed by atoms with Gasteiger partial charge in [0.05, 0.1) is 13.0 Å². The van der Waals surface area contributed by atoms with E-state index < -0.39 is 12.0 Å². The zero-order chi connectivity index (χ0) is 7.28. The molecular weight excluding hydrogens is 126 g/mol. The monoisotopic (exact) mass is 133 g/mol. The molecule has 5 heteroatoms. The van der Waals surface area contributed by atoms with Crippen LogP contribution < -0.4 is 5.32 Å². The first-order valence-electron chi connectivity index (χ1n) is 2.30. The third kappa shape index (κ3) is 4.76.